The summed E-state index contributed by atoms with van der Waals surface area (Å²) in [5.41, 5.74) is 2.07. The van der Waals surface area contributed by atoms with Gasteiger partial charge in [0.05, 0.1) is 6.33 Å². The predicted octanol–water partition coefficient (Wildman–Crippen LogP) is 2.45. The highest BCUT2D eigenvalue weighted by atomic mass is 32.1. The van der Waals surface area contributed by atoms with Crippen molar-refractivity contribution in [1.82, 2.24) is 24.6 Å². The van der Waals surface area contributed by atoms with Crippen molar-refractivity contribution in [3.8, 4) is 11.4 Å². The molecule has 1 atom stereocenters. The number of aromatic nitrogens is 4. The number of amides is 1. The van der Waals surface area contributed by atoms with Crippen LogP contribution in [0.5, 0.6) is 0 Å². The molecule has 1 unspecified atom stereocenters. The zero-order valence-corrected chi connectivity index (χ0v) is 17.3. The highest BCUT2D eigenvalue weighted by Crippen LogP contribution is 2.23. The molecule has 0 radical (unpaired) electrons. The van der Waals surface area contributed by atoms with Crippen LogP contribution in [0.3, 0.4) is 0 Å². The molecule has 0 bridgehead atoms. The largest absolute Gasteiger partial charge is 0.341 e. The monoisotopic (exact) mass is 413 g/mol. The molecule has 29 heavy (non-hydrogen) atoms. The smallest absolute Gasteiger partial charge is 0.256 e. The quantitative estimate of drug-likeness (QED) is 0.638. The van der Waals surface area contributed by atoms with Gasteiger partial charge < -0.3 is 9.42 Å². The molecular weight excluding hydrogens is 390 g/mol. The molecule has 152 valence electrons. The van der Waals surface area contributed by atoms with Crippen LogP contribution in [0.4, 0.5) is 0 Å². The molecule has 0 aliphatic carbocycles. The lowest BCUT2D eigenvalue weighted by atomic mass is 9.94. The van der Waals surface area contributed by atoms with Crippen molar-refractivity contribution < 1.29 is 9.32 Å². The van der Waals surface area contributed by atoms with Crippen LogP contribution in [0, 0.1) is 19.8 Å². The van der Waals surface area contributed by atoms with Crippen LogP contribution in [-0.2, 0) is 17.8 Å². The maximum absolute atomic E-state index is 12.8. The third-order valence-electron chi connectivity index (χ3n) is 5.40. The second kappa shape index (κ2) is 8.28. The lowest BCUT2D eigenvalue weighted by Gasteiger charge is -2.32. The van der Waals surface area contributed by atoms with Gasteiger partial charge in [-0.1, -0.05) is 5.16 Å². The van der Waals surface area contributed by atoms with E-state index >= 15 is 0 Å². The summed E-state index contributed by atoms with van der Waals surface area (Å²) < 4.78 is 6.80. The maximum atomic E-state index is 12.8. The minimum Gasteiger partial charge on any atom is -0.341 e. The van der Waals surface area contributed by atoms with E-state index in [1.54, 1.807) is 25.2 Å². The van der Waals surface area contributed by atoms with E-state index in [4.69, 9.17) is 4.52 Å². The van der Waals surface area contributed by atoms with Crippen LogP contribution < -0.4 is 5.56 Å². The fourth-order valence-electron chi connectivity index (χ4n) is 3.59. The number of nitrogens with zero attached hydrogens (tertiary/aromatic N) is 5. The Balaban J connectivity index is 1.39. The first-order valence-electron chi connectivity index (χ1n) is 9.67. The number of hydrogen-bond acceptors (Lipinski definition) is 7. The standard InChI is InChI=1S/C20H23N5O3S/c1-13-14(2)21-12-25(20(13)27)10-18(26)24-6-3-4-15(9-24)8-17-22-19(23-28-17)16-5-7-29-11-16/h5,7,11-12,15H,3-4,6,8-10H2,1-2H3. The number of aryl methyl sites for hydroxylation is 1. The third-order valence-corrected chi connectivity index (χ3v) is 6.09. The molecule has 1 aliphatic heterocycles. The van der Waals surface area contributed by atoms with Gasteiger partial charge in [-0.3, -0.25) is 14.2 Å². The van der Waals surface area contributed by atoms with Gasteiger partial charge in [0.15, 0.2) is 0 Å². The normalized spacial score (nSPS) is 16.9. The lowest BCUT2D eigenvalue weighted by Crippen LogP contribution is -2.43. The summed E-state index contributed by atoms with van der Waals surface area (Å²) in [5, 5.41) is 8.02. The highest BCUT2D eigenvalue weighted by molar-refractivity contribution is 7.08. The SMILES string of the molecule is Cc1ncn(CC(=O)N2CCCC(Cc3nc(-c4ccsc4)no3)C2)c(=O)c1C. The molecule has 4 heterocycles. The maximum Gasteiger partial charge on any atom is 0.256 e. The number of likely N-dealkylation sites (tertiary alicyclic amines) is 1. The number of thiophene rings is 1. The zero-order chi connectivity index (χ0) is 20.4. The average Bonchev–Trinajstić information content (AvgIpc) is 3.40. The van der Waals surface area contributed by atoms with Crippen LogP contribution in [0.1, 0.15) is 30.0 Å². The van der Waals surface area contributed by atoms with Gasteiger partial charge >= 0.3 is 0 Å². The molecule has 0 aromatic carbocycles. The van der Waals surface area contributed by atoms with Crippen molar-refractivity contribution in [3.63, 3.8) is 0 Å². The first-order valence-corrected chi connectivity index (χ1v) is 10.6. The van der Waals surface area contributed by atoms with Crippen molar-refractivity contribution in [2.24, 2.45) is 5.92 Å². The second-order valence-corrected chi connectivity index (χ2v) is 8.24. The number of rotatable bonds is 5. The topological polar surface area (TPSA) is 94.1 Å². The molecule has 1 amide bonds. The Bertz CT molecular complexity index is 1060. The number of piperidine rings is 1. The molecule has 1 fully saturated rings. The van der Waals surface area contributed by atoms with Gasteiger partial charge in [0, 0.05) is 41.7 Å². The van der Waals surface area contributed by atoms with Gasteiger partial charge in [-0.2, -0.15) is 16.3 Å². The van der Waals surface area contributed by atoms with Gasteiger partial charge in [-0.25, -0.2) is 4.98 Å². The van der Waals surface area contributed by atoms with E-state index in [0.29, 0.717) is 42.5 Å². The first kappa shape index (κ1) is 19.5. The van der Waals surface area contributed by atoms with E-state index in [-0.39, 0.29) is 23.9 Å². The van der Waals surface area contributed by atoms with E-state index in [0.717, 1.165) is 18.4 Å². The van der Waals surface area contributed by atoms with Gasteiger partial charge in [0.2, 0.25) is 17.6 Å². The molecule has 0 N–H and O–H groups in total. The molecule has 1 aliphatic rings. The van der Waals surface area contributed by atoms with Gasteiger partial charge in [-0.05, 0) is 44.1 Å². The highest BCUT2D eigenvalue weighted by Gasteiger charge is 2.26. The van der Waals surface area contributed by atoms with Gasteiger partial charge in [0.1, 0.15) is 6.54 Å². The molecule has 3 aromatic heterocycles. The van der Waals surface area contributed by atoms with Crippen molar-refractivity contribution >= 4 is 17.2 Å². The molecule has 9 heteroatoms. The van der Waals surface area contributed by atoms with Crippen molar-refractivity contribution in [1.29, 1.82) is 0 Å². The minimum absolute atomic E-state index is 0.0164. The van der Waals surface area contributed by atoms with Crippen molar-refractivity contribution in [3.05, 3.63) is 50.7 Å². The Morgan fingerprint density at radius 3 is 3.03 bits per heavy atom. The Labute approximate surface area is 172 Å². The van der Waals surface area contributed by atoms with Crippen molar-refractivity contribution in [2.45, 2.75) is 39.7 Å². The molecule has 3 aromatic rings. The Morgan fingerprint density at radius 1 is 1.38 bits per heavy atom. The number of carbonyl (C=O) groups is 1. The summed E-state index contributed by atoms with van der Waals surface area (Å²) in [7, 11) is 0. The number of carbonyl (C=O) groups excluding carboxylic acids is 1. The molecule has 4 rings (SSSR count). The van der Waals surface area contributed by atoms with Crippen LogP contribution in [-0.4, -0.2) is 43.6 Å². The summed E-state index contributed by atoms with van der Waals surface area (Å²) in [6, 6.07) is 1.96. The van der Waals surface area contributed by atoms with E-state index in [1.807, 2.05) is 21.7 Å². The molecule has 1 saturated heterocycles. The molecule has 0 spiro atoms. The lowest BCUT2D eigenvalue weighted by molar-refractivity contribution is -0.133. The number of hydrogen-bond donors (Lipinski definition) is 0. The average molecular weight is 414 g/mol. The fraction of sp³-hybridized carbons (Fsp3) is 0.450. The second-order valence-electron chi connectivity index (χ2n) is 7.46. The predicted molar refractivity (Wildman–Crippen MR) is 109 cm³/mol. The Hall–Kier alpha value is -2.81. The van der Waals surface area contributed by atoms with Crippen LogP contribution in [0.25, 0.3) is 11.4 Å². The summed E-state index contributed by atoms with van der Waals surface area (Å²) in [5.74, 6) is 1.40. The van der Waals surface area contributed by atoms with Crippen LogP contribution in [0.2, 0.25) is 0 Å². The minimum atomic E-state index is -0.161. The Kier molecular flexibility index (Phi) is 5.57. The van der Waals surface area contributed by atoms with Crippen LogP contribution in [0.15, 0.2) is 32.5 Å². The van der Waals surface area contributed by atoms with Gasteiger partial charge in [-0.15, -0.1) is 0 Å². The van der Waals surface area contributed by atoms with E-state index in [1.165, 1.54) is 10.9 Å². The van der Waals surface area contributed by atoms with E-state index < -0.39 is 0 Å². The summed E-state index contributed by atoms with van der Waals surface area (Å²) in [4.78, 5) is 35.6. The zero-order valence-electron chi connectivity index (χ0n) is 16.5. The summed E-state index contributed by atoms with van der Waals surface area (Å²) >= 11 is 1.59. The van der Waals surface area contributed by atoms with E-state index in [9.17, 15) is 9.59 Å². The van der Waals surface area contributed by atoms with Crippen LogP contribution >= 0.6 is 11.3 Å². The fourth-order valence-corrected chi connectivity index (χ4v) is 4.22. The Morgan fingerprint density at radius 2 is 2.24 bits per heavy atom. The summed E-state index contributed by atoms with van der Waals surface area (Å²) in [6.07, 6.45) is 4.02. The van der Waals surface area contributed by atoms with Gasteiger partial charge in [0.25, 0.3) is 5.56 Å². The molecular formula is C20H23N5O3S. The third kappa shape index (κ3) is 4.29. The van der Waals surface area contributed by atoms with E-state index in [2.05, 4.69) is 15.1 Å². The first-order chi connectivity index (χ1) is 14.0. The summed E-state index contributed by atoms with van der Waals surface area (Å²) in [6.45, 7) is 4.87. The molecule has 8 nitrogen and oxygen atoms in total. The molecule has 0 saturated carbocycles. The van der Waals surface area contributed by atoms with Crippen molar-refractivity contribution in [2.75, 3.05) is 13.1 Å².